The first kappa shape index (κ1) is 16.8. The maximum atomic E-state index is 11.9. The fourth-order valence-corrected chi connectivity index (χ4v) is 1.59. The Morgan fingerprint density at radius 1 is 0.900 bits per heavy atom. The monoisotopic (exact) mass is 321 g/mol. The molecule has 0 spiro atoms. The normalized spacial score (nSPS) is 10.8. The second kappa shape index (κ2) is 6.95. The standard InChI is InChI=1S/C7H6Cl2.C7H6F3N/c1-5-2-3-6(8)7(9)4-5;1-5-2-3-6(11-4-5)7(8,9)10/h2-4H,1H3;2-4H,1H3. The van der Waals surface area contributed by atoms with Gasteiger partial charge in [0.15, 0.2) is 0 Å². The van der Waals surface area contributed by atoms with Gasteiger partial charge in [0.1, 0.15) is 5.69 Å². The summed E-state index contributed by atoms with van der Waals surface area (Å²) in [5.41, 5.74) is 1.01. The molecule has 0 fully saturated rings. The molecule has 0 saturated heterocycles. The van der Waals surface area contributed by atoms with Gasteiger partial charge in [-0.25, -0.2) is 0 Å². The lowest BCUT2D eigenvalue weighted by molar-refractivity contribution is -0.141. The van der Waals surface area contributed by atoms with Crippen LogP contribution in [0.5, 0.6) is 0 Å². The molecule has 2 rings (SSSR count). The van der Waals surface area contributed by atoms with Gasteiger partial charge in [0.25, 0.3) is 0 Å². The summed E-state index contributed by atoms with van der Waals surface area (Å²) in [7, 11) is 0. The first-order chi connectivity index (χ1) is 9.20. The third-order valence-corrected chi connectivity index (χ3v) is 3.02. The molecule has 0 aliphatic heterocycles. The van der Waals surface area contributed by atoms with Crippen LogP contribution in [-0.2, 0) is 6.18 Å². The Hall–Kier alpha value is -1.26. The summed E-state index contributed by atoms with van der Waals surface area (Å²) in [5.74, 6) is 0. The maximum Gasteiger partial charge on any atom is 0.433 e. The van der Waals surface area contributed by atoms with Gasteiger partial charge in [-0.15, -0.1) is 0 Å². The highest BCUT2D eigenvalue weighted by Gasteiger charge is 2.31. The van der Waals surface area contributed by atoms with Crippen molar-refractivity contribution in [1.82, 2.24) is 4.98 Å². The smallest absolute Gasteiger partial charge is 0.252 e. The number of aryl methyl sites for hydroxylation is 2. The van der Waals surface area contributed by atoms with Gasteiger partial charge < -0.3 is 0 Å². The van der Waals surface area contributed by atoms with Gasteiger partial charge in [0.05, 0.1) is 10.0 Å². The molecule has 0 N–H and O–H groups in total. The van der Waals surface area contributed by atoms with Crippen molar-refractivity contribution >= 4 is 23.2 Å². The molecular weight excluding hydrogens is 310 g/mol. The number of nitrogens with zero attached hydrogens (tertiary/aromatic N) is 1. The molecule has 0 radical (unpaired) electrons. The van der Waals surface area contributed by atoms with E-state index in [2.05, 4.69) is 4.98 Å². The van der Waals surface area contributed by atoms with Crippen LogP contribution in [0.3, 0.4) is 0 Å². The summed E-state index contributed by atoms with van der Waals surface area (Å²) < 4.78 is 35.6. The summed E-state index contributed by atoms with van der Waals surface area (Å²) in [6.45, 7) is 3.66. The number of pyridine rings is 1. The zero-order valence-corrected chi connectivity index (χ0v) is 12.3. The number of rotatable bonds is 0. The topological polar surface area (TPSA) is 12.9 Å². The Kier molecular flexibility index (Phi) is 5.84. The van der Waals surface area contributed by atoms with Crippen molar-refractivity contribution < 1.29 is 13.2 Å². The molecule has 0 bridgehead atoms. The van der Waals surface area contributed by atoms with E-state index < -0.39 is 11.9 Å². The van der Waals surface area contributed by atoms with Crippen LogP contribution in [0.25, 0.3) is 0 Å². The fraction of sp³-hybridized carbons (Fsp3) is 0.214. The minimum absolute atomic E-state index is 0.613. The second-order valence-electron chi connectivity index (χ2n) is 4.14. The summed E-state index contributed by atoms with van der Waals surface area (Å²) in [4.78, 5) is 3.22. The van der Waals surface area contributed by atoms with Crippen molar-refractivity contribution in [1.29, 1.82) is 0 Å². The van der Waals surface area contributed by atoms with Gasteiger partial charge in [-0.2, -0.15) is 13.2 Å². The van der Waals surface area contributed by atoms with Crippen LogP contribution in [0.1, 0.15) is 16.8 Å². The third kappa shape index (κ3) is 5.39. The number of halogens is 5. The van der Waals surface area contributed by atoms with Crippen molar-refractivity contribution in [3.63, 3.8) is 0 Å². The highest BCUT2D eigenvalue weighted by molar-refractivity contribution is 6.41. The van der Waals surface area contributed by atoms with Gasteiger partial charge in [0.2, 0.25) is 0 Å². The van der Waals surface area contributed by atoms with Gasteiger partial charge >= 0.3 is 6.18 Å². The van der Waals surface area contributed by atoms with E-state index in [9.17, 15) is 13.2 Å². The Morgan fingerprint density at radius 2 is 1.50 bits per heavy atom. The minimum atomic E-state index is -4.33. The van der Waals surface area contributed by atoms with Crippen LogP contribution in [0, 0.1) is 13.8 Å². The predicted octanol–water partition coefficient (Wildman–Crippen LogP) is 5.71. The van der Waals surface area contributed by atoms with Crippen molar-refractivity contribution in [2.75, 3.05) is 0 Å². The van der Waals surface area contributed by atoms with E-state index in [0.717, 1.165) is 17.2 Å². The van der Waals surface area contributed by atoms with Gasteiger partial charge in [0, 0.05) is 6.20 Å². The van der Waals surface area contributed by atoms with E-state index in [1.54, 1.807) is 13.0 Å². The molecule has 0 aliphatic carbocycles. The predicted molar refractivity (Wildman–Crippen MR) is 75.2 cm³/mol. The molecule has 1 heterocycles. The van der Waals surface area contributed by atoms with Gasteiger partial charge in [-0.1, -0.05) is 35.3 Å². The van der Waals surface area contributed by atoms with Crippen LogP contribution >= 0.6 is 23.2 Å². The van der Waals surface area contributed by atoms with Gasteiger partial charge in [-0.05, 0) is 43.2 Å². The van der Waals surface area contributed by atoms with Crippen LogP contribution < -0.4 is 0 Å². The largest absolute Gasteiger partial charge is 0.433 e. The average Bonchev–Trinajstić information content (AvgIpc) is 2.34. The number of benzene rings is 1. The highest BCUT2D eigenvalue weighted by atomic mass is 35.5. The lowest BCUT2D eigenvalue weighted by Crippen LogP contribution is -2.07. The van der Waals surface area contributed by atoms with Crippen LogP contribution in [-0.4, -0.2) is 4.98 Å². The molecule has 108 valence electrons. The minimum Gasteiger partial charge on any atom is -0.252 e. The highest BCUT2D eigenvalue weighted by Crippen LogP contribution is 2.26. The van der Waals surface area contributed by atoms with Crippen LogP contribution in [0.4, 0.5) is 13.2 Å². The summed E-state index contributed by atoms with van der Waals surface area (Å²) >= 11 is 11.3. The third-order valence-electron chi connectivity index (χ3n) is 2.28. The maximum absolute atomic E-state index is 11.9. The van der Waals surface area contributed by atoms with Crippen molar-refractivity contribution in [3.8, 4) is 0 Å². The molecule has 2 aromatic rings. The SMILES string of the molecule is Cc1ccc(C(F)(F)F)nc1.Cc1ccc(Cl)c(Cl)c1. The Balaban J connectivity index is 0.000000204. The van der Waals surface area contributed by atoms with Gasteiger partial charge in [-0.3, -0.25) is 4.98 Å². The lowest BCUT2D eigenvalue weighted by atomic mass is 10.2. The molecule has 1 aromatic carbocycles. The average molecular weight is 322 g/mol. The molecule has 0 atom stereocenters. The first-order valence-corrected chi connectivity index (χ1v) is 6.37. The van der Waals surface area contributed by atoms with Crippen molar-refractivity contribution in [2.24, 2.45) is 0 Å². The molecule has 0 saturated carbocycles. The van der Waals surface area contributed by atoms with E-state index >= 15 is 0 Å². The Morgan fingerprint density at radius 3 is 1.90 bits per heavy atom. The summed E-state index contributed by atoms with van der Waals surface area (Å²) in [6.07, 6.45) is -3.13. The summed E-state index contributed by atoms with van der Waals surface area (Å²) in [5, 5.41) is 1.24. The number of hydrogen-bond acceptors (Lipinski definition) is 1. The van der Waals surface area contributed by atoms with E-state index in [0.29, 0.717) is 10.0 Å². The fourth-order valence-electron chi connectivity index (χ4n) is 1.24. The summed E-state index contributed by atoms with van der Waals surface area (Å²) in [6, 6.07) is 7.91. The molecule has 0 aliphatic rings. The van der Waals surface area contributed by atoms with Crippen LogP contribution in [0.15, 0.2) is 36.5 Å². The van der Waals surface area contributed by atoms with Crippen molar-refractivity contribution in [3.05, 3.63) is 63.4 Å². The molecule has 20 heavy (non-hydrogen) atoms. The second-order valence-corrected chi connectivity index (χ2v) is 4.95. The molecule has 1 aromatic heterocycles. The van der Waals surface area contributed by atoms with E-state index in [1.165, 1.54) is 12.3 Å². The number of aromatic nitrogens is 1. The van der Waals surface area contributed by atoms with E-state index in [-0.39, 0.29) is 0 Å². The number of hydrogen-bond donors (Lipinski definition) is 0. The molecular formula is C14H12Cl2F3N. The Bertz CT molecular complexity index is 566. The molecule has 6 heteroatoms. The molecule has 1 nitrogen and oxygen atoms in total. The van der Waals surface area contributed by atoms with Crippen LogP contribution in [0.2, 0.25) is 10.0 Å². The Labute approximate surface area is 125 Å². The molecule has 0 amide bonds. The number of alkyl halides is 3. The first-order valence-electron chi connectivity index (χ1n) is 5.61. The lowest BCUT2D eigenvalue weighted by Gasteiger charge is -2.03. The zero-order chi connectivity index (χ0) is 15.3. The van der Waals surface area contributed by atoms with Crippen molar-refractivity contribution in [2.45, 2.75) is 20.0 Å². The zero-order valence-electron chi connectivity index (χ0n) is 10.8. The van der Waals surface area contributed by atoms with E-state index in [1.807, 2.05) is 19.1 Å². The quantitative estimate of drug-likeness (QED) is 0.605. The van der Waals surface area contributed by atoms with E-state index in [4.69, 9.17) is 23.2 Å². The molecule has 0 unspecified atom stereocenters.